The summed E-state index contributed by atoms with van der Waals surface area (Å²) in [5.74, 6) is 1.04. The second-order valence-electron chi connectivity index (χ2n) is 9.02. The second-order valence-corrected chi connectivity index (χ2v) is 9.02. The molecule has 2 aliphatic heterocycles. The number of amides is 2. The number of hydrogen-bond acceptors (Lipinski definition) is 3. The van der Waals surface area contributed by atoms with E-state index in [-0.39, 0.29) is 11.8 Å². The molecule has 3 fully saturated rings. The van der Waals surface area contributed by atoms with Crippen molar-refractivity contribution in [1.82, 2.24) is 14.7 Å². The van der Waals surface area contributed by atoms with Crippen LogP contribution in [0.1, 0.15) is 50.5 Å². The molecule has 1 aromatic rings. The molecule has 0 N–H and O–H groups in total. The van der Waals surface area contributed by atoms with Crippen LogP contribution in [0.4, 0.5) is 0 Å². The van der Waals surface area contributed by atoms with E-state index in [2.05, 4.69) is 35.2 Å². The number of piperidine rings is 1. The van der Waals surface area contributed by atoms with Crippen LogP contribution in [0.2, 0.25) is 0 Å². The third-order valence-corrected chi connectivity index (χ3v) is 7.04. The van der Waals surface area contributed by atoms with Gasteiger partial charge in [0.2, 0.25) is 11.8 Å². The number of piperazine rings is 1. The average Bonchev–Trinajstić information content (AvgIpc) is 2.80. The number of likely N-dealkylation sites (tertiary alicyclic amines) is 1. The molecule has 2 heterocycles. The Bertz CT molecular complexity index is 671. The number of hydrogen-bond donors (Lipinski definition) is 0. The molecule has 5 nitrogen and oxygen atoms in total. The first-order valence-electron chi connectivity index (χ1n) is 11.5. The lowest BCUT2D eigenvalue weighted by Gasteiger charge is -2.39. The van der Waals surface area contributed by atoms with Gasteiger partial charge in [0.25, 0.3) is 0 Å². The van der Waals surface area contributed by atoms with E-state index < -0.39 is 0 Å². The Kier molecular flexibility index (Phi) is 6.86. The van der Waals surface area contributed by atoms with Crippen molar-refractivity contribution in [3.63, 3.8) is 0 Å². The molecule has 29 heavy (non-hydrogen) atoms. The average molecular weight is 398 g/mol. The maximum absolute atomic E-state index is 13.0. The predicted octanol–water partition coefficient (Wildman–Crippen LogP) is 3.15. The van der Waals surface area contributed by atoms with Crippen LogP contribution in [0.15, 0.2) is 30.3 Å². The quantitative estimate of drug-likeness (QED) is 0.784. The molecule has 1 saturated carbocycles. The zero-order valence-electron chi connectivity index (χ0n) is 17.6. The lowest BCUT2D eigenvalue weighted by atomic mass is 9.88. The van der Waals surface area contributed by atoms with Crippen molar-refractivity contribution in [2.45, 2.75) is 51.5 Å². The Hall–Kier alpha value is -1.88. The van der Waals surface area contributed by atoms with Gasteiger partial charge >= 0.3 is 0 Å². The predicted molar refractivity (Wildman–Crippen MR) is 114 cm³/mol. The van der Waals surface area contributed by atoms with E-state index in [0.29, 0.717) is 38.0 Å². The van der Waals surface area contributed by atoms with Crippen LogP contribution in [0.25, 0.3) is 0 Å². The van der Waals surface area contributed by atoms with Crippen LogP contribution in [0.5, 0.6) is 0 Å². The summed E-state index contributed by atoms with van der Waals surface area (Å²) in [5.41, 5.74) is 1.34. The number of nitrogens with zero attached hydrogens (tertiary/aromatic N) is 3. The van der Waals surface area contributed by atoms with Gasteiger partial charge in [-0.3, -0.25) is 14.5 Å². The summed E-state index contributed by atoms with van der Waals surface area (Å²) >= 11 is 0. The maximum Gasteiger partial charge on any atom is 0.225 e. The molecular weight excluding hydrogens is 362 g/mol. The maximum atomic E-state index is 13.0. The Balaban J connectivity index is 1.20. The SMILES string of the molecule is O=C(C1CCCCC1)N1CCN(C(=O)C2CCN(Cc3ccccc3)CC2)CC1. The Morgan fingerprint density at radius 3 is 1.76 bits per heavy atom. The van der Waals surface area contributed by atoms with Crippen LogP contribution in [0, 0.1) is 11.8 Å². The number of carbonyl (C=O) groups excluding carboxylic acids is 2. The van der Waals surface area contributed by atoms with E-state index in [1.807, 2.05) is 9.80 Å². The first kappa shape index (κ1) is 20.4. The molecule has 1 aliphatic carbocycles. The minimum Gasteiger partial charge on any atom is -0.339 e. The number of benzene rings is 1. The normalized spacial score (nSPS) is 22.6. The molecule has 0 radical (unpaired) electrons. The van der Waals surface area contributed by atoms with Gasteiger partial charge in [-0.2, -0.15) is 0 Å². The third kappa shape index (κ3) is 5.19. The summed E-state index contributed by atoms with van der Waals surface area (Å²) in [6.07, 6.45) is 7.67. The van der Waals surface area contributed by atoms with Gasteiger partial charge in [-0.1, -0.05) is 49.6 Å². The minimum absolute atomic E-state index is 0.155. The summed E-state index contributed by atoms with van der Waals surface area (Å²) in [6.45, 7) is 5.81. The molecule has 3 aliphatic rings. The highest BCUT2D eigenvalue weighted by molar-refractivity contribution is 5.81. The summed E-state index contributed by atoms with van der Waals surface area (Å²) in [7, 11) is 0. The molecule has 2 saturated heterocycles. The van der Waals surface area contributed by atoms with Gasteiger partial charge in [0.1, 0.15) is 0 Å². The molecule has 0 bridgehead atoms. The molecule has 0 spiro atoms. The van der Waals surface area contributed by atoms with Gasteiger partial charge < -0.3 is 9.80 Å². The summed E-state index contributed by atoms with van der Waals surface area (Å²) < 4.78 is 0. The molecule has 0 atom stereocenters. The van der Waals surface area contributed by atoms with Crippen molar-refractivity contribution in [3.05, 3.63) is 35.9 Å². The topological polar surface area (TPSA) is 43.9 Å². The zero-order valence-corrected chi connectivity index (χ0v) is 17.6. The fraction of sp³-hybridized carbons (Fsp3) is 0.667. The van der Waals surface area contributed by atoms with E-state index in [0.717, 1.165) is 45.3 Å². The van der Waals surface area contributed by atoms with Crippen molar-refractivity contribution in [2.75, 3.05) is 39.3 Å². The van der Waals surface area contributed by atoms with Gasteiger partial charge in [-0.15, -0.1) is 0 Å². The van der Waals surface area contributed by atoms with Crippen LogP contribution in [-0.2, 0) is 16.1 Å². The first-order chi connectivity index (χ1) is 14.2. The fourth-order valence-corrected chi connectivity index (χ4v) is 5.19. The van der Waals surface area contributed by atoms with Gasteiger partial charge in [0, 0.05) is 44.6 Å². The van der Waals surface area contributed by atoms with E-state index >= 15 is 0 Å². The van der Waals surface area contributed by atoms with E-state index in [9.17, 15) is 9.59 Å². The van der Waals surface area contributed by atoms with Crippen molar-refractivity contribution in [3.8, 4) is 0 Å². The lowest BCUT2D eigenvalue weighted by molar-refractivity contribution is -0.145. The van der Waals surface area contributed by atoms with Crippen LogP contribution >= 0.6 is 0 Å². The standard InChI is InChI=1S/C24H35N3O2/c28-23(21-9-5-2-6-10-21)26-15-17-27(18-16-26)24(29)22-11-13-25(14-12-22)19-20-7-3-1-4-8-20/h1,3-4,7-8,21-22H,2,5-6,9-19H2. The van der Waals surface area contributed by atoms with Gasteiger partial charge in [-0.05, 0) is 44.3 Å². The van der Waals surface area contributed by atoms with Crippen LogP contribution in [-0.4, -0.2) is 65.8 Å². The molecule has 4 rings (SSSR count). The first-order valence-corrected chi connectivity index (χ1v) is 11.5. The fourth-order valence-electron chi connectivity index (χ4n) is 5.19. The highest BCUT2D eigenvalue weighted by atomic mass is 16.2. The molecular formula is C24H35N3O2. The highest BCUT2D eigenvalue weighted by Gasteiger charge is 2.33. The van der Waals surface area contributed by atoms with Crippen molar-refractivity contribution < 1.29 is 9.59 Å². The number of carbonyl (C=O) groups is 2. The zero-order chi connectivity index (χ0) is 20.1. The Morgan fingerprint density at radius 1 is 0.690 bits per heavy atom. The summed E-state index contributed by atoms with van der Waals surface area (Å²) in [4.78, 5) is 32.2. The summed E-state index contributed by atoms with van der Waals surface area (Å²) in [5, 5.41) is 0. The van der Waals surface area contributed by atoms with Crippen molar-refractivity contribution in [1.29, 1.82) is 0 Å². The monoisotopic (exact) mass is 397 g/mol. The van der Waals surface area contributed by atoms with E-state index in [1.54, 1.807) is 0 Å². The molecule has 158 valence electrons. The largest absolute Gasteiger partial charge is 0.339 e. The Morgan fingerprint density at radius 2 is 1.21 bits per heavy atom. The second kappa shape index (κ2) is 9.75. The lowest BCUT2D eigenvalue weighted by Crippen LogP contribution is -2.54. The van der Waals surface area contributed by atoms with Crippen molar-refractivity contribution >= 4 is 11.8 Å². The summed E-state index contributed by atoms with van der Waals surface area (Å²) in [6, 6.07) is 10.6. The van der Waals surface area contributed by atoms with Crippen LogP contribution in [0.3, 0.4) is 0 Å². The van der Waals surface area contributed by atoms with Gasteiger partial charge in [0.15, 0.2) is 0 Å². The Labute approximate surface area is 175 Å². The minimum atomic E-state index is 0.155. The smallest absolute Gasteiger partial charge is 0.225 e. The van der Waals surface area contributed by atoms with E-state index in [1.165, 1.54) is 24.8 Å². The molecule has 0 unspecified atom stereocenters. The number of rotatable bonds is 4. The molecule has 0 aromatic heterocycles. The molecule has 5 heteroatoms. The molecule has 1 aromatic carbocycles. The molecule has 2 amide bonds. The van der Waals surface area contributed by atoms with Crippen molar-refractivity contribution in [2.24, 2.45) is 11.8 Å². The van der Waals surface area contributed by atoms with E-state index in [4.69, 9.17) is 0 Å². The van der Waals surface area contributed by atoms with Gasteiger partial charge in [-0.25, -0.2) is 0 Å². The van der Waals surface area contributed by atoms with Crippen LogP contribution < -0.4 is 0 Å². The third-order valence-electron chi connectivity index (χ3n) is 7.04. The van der Waals surface area contributed by atoms with Gasteiger partial charge in [0.05, 0.1) is 0 Å². The highest BCUT2D eigenvalue weighted by Crippen LogP contribution is 2.26.